The van der Waals surface area contributed by atoms with Crippen molar-refractivity contribution >= 4 is 22.6 Å². The summed E-state index contributed by atoms with van der Waals surface area (Å²) in [5, 5.41) is 4.23. The molecule has 3 atom stereocenters. The summed E-state index contributed by atoms with van der Waals surface area (Å²) in [7, 11) is 0. The molecule has 0 aliphatic carbocycles. The molecule has 0 bridgehead atoms. The first-order chi connectivity index (χ1) is 13.6. The minimum atomic E-state index is -0.0782. The van der Waals surface area contributed by atoms with Gasteiger partial charge in [-0.3, -0.25) is 4.79 Å². The Kier molecular flexibility index (Phi) is 5.78. The number of amides is 1. The molecule has 3 heterocycles. The van der Waals surface area contributed by atoms with Gasteiger partial charge in [0, 0.05) is 37.0 Å². The molecule has 1 amide bonds. The maximum Gasteiger partial charge on any atom is 0.217 e. The summed E-state index contributed by atoms with van der Waals surface area (Å²) in [5.41, 5.74) is 2.11. The van der Waals surface area contributed by atoms with Gasteiger partial charge < -0.3 is 19.7 Å². The number of hydrogen-bond donors (Lipinski definition) is 1. The van der Waals surface area contributed by atoms with Crippen LogP contribution in [0.3, 0.4) is 0 Å². The van der Waals surface area contributed by atoms with Crippen molar-refractivity contribution in [3.05, 3.63) is 35.9 Å². The Morgan fingerprint density at radius 3 is 2.79 bits per heavy atom. The second kappa shape index (κ2) is 8.45. The average molecular weight is 383 g/mol. The van der Waals surface area contributed by atoms with Crippen LogP contribution in [-0.4, -0.2) is 49.3 Å². The van der Waals surface area contributed by atoms with E-state index in [1.54, 1.807) is 6.92 Å². The lowest BCUT2D eigenvalue weighted by atomic mass is 9.92. The Morgan fingerprint density at radius 1 is 1.25 bits per heavy atom. The summed E-state index contributed by atoms with van der Waals surface area (Å²) in [6, 6.07) is 10.6. The molecule has 0 spiro atoms. The van der Waals surface area contributed by atoms with Crippen molar-refractivity contribution < 1.29 is 14.3 Å². The number of rotatable bonds is 4. The topological polar surface area (TPSA) is 63.7 Å². The number of nitrogens with zero attached hydrogens (tertiary/aromatic N) is 2. The van der Waals surface area contributed by atoms with Crippen LogP contribution in [0.1, 0.15) is 44.8 Å². The van der Waals surface area contributed by atoms with Gasteiger partial charge in [-0.15, -0.1) is 0 Å². The van der Waals surface area contributed by atoms with E-state index in [9.17, 15) is 4.79 Å². The minimum Gasteiger partial charge on any atom is -0.378 e. The minimum absolute atomic E-state index is 0.0190. The van der Waals surface area contributed by atoms with E-state index in [2.05, 4.69) is 35.3 Å². The lowest BCUT2D eigenvalue weighted by Crippen LogP contribution is -2.43. The summed E-state index contributed by atoms with van der Waals surface area (Å²) in [6.07, 6.45) is 2.62. The van der Waals surface area contributed by atoms with E-state index in [1.165, 1.54) is 0 Å². The van der Waals surface area contributed by atoms with Gasteiger partial charge in [-0.25, -0.2) is 4.98 Å². The number of hydrogen-bond acceptors (Lipinski definition) is 5. The Hall–Kier alpha value is -2.18. The highest BCUT2D eigenvalue weighted by atomic mass is 16.5. The molecule has 2 aliphatic rings. The van der Waals surface area contributed by atoms with Gasteiger partial charge in [0.15, 0.2) is 0 Å². The fourth-order valence-corrected chi connectivity index (χ4v) is 4.27. The summed E-state index contributed by atoms with van der Waals surface area (Å²) in [5.74, 6) is 1.01. The summed E-state index contributed by atoms with van der Waals surface area (Å²) in [4.78, 5) is 19.0. The summed E-state index contributed by atoms with van der Waals surface area (Å²) < 4.78 is 12.0. The molecule has 6 heteroatoms. The molecule has 2 fully saturated rings. The Bertz CT molecular complexity index is 835. The van der Waals surface area contributed by atoms with E-state index in [4.69, 9.17) is 14.5 Å². The van der Waals surface area contributed by atoms with E-state index < -0.39 is 0 Å². The summed E-state index contributed by atoms with van der Waals surface area (Å²) in [6.45, 7) is 6.81. The van der Waals surface area contributed by atoms with Crippen LogP contribution in [0.2, 0.25) is 0 Å². The maximum absolute atomic E-state index is 11.7. The van der Waals surface area contributed by atoms with Gasteiger partial charge in [-0.1, -0.05) is 25.1 Å². The maximum atomic E-state index is 11.7. The SMILES string of the molecule is CC[C@H]1C[C@@H](NC(C)=O)C[C@@H](c2cc3ccccc3nc2N2CCOCC2)O1. The fraction of sp³-hybridized carbons (Fsp3) is 0.545. The van der Waals surface area contributed by atoms with Crippen molar-refractivity contribution in [2.24, 2.45) is 0 Å². The lowest BCUT2D eigenvalue weighted by Gasteiger charge is -2.38. The fourth-order valence-electron chi connectivity index (χ4n) is 4.27. The van der Waals surface area contributed by atoms with Crippen LogP contribution in [0, 0.1) is 0 Å². The molecular formula is C22H29N3O3. The molecule has 1 aromatic heterocycles. The van der Waals surface area contributed by atoms with E-state index in [0.29, 0.717) is 13.2 Å². The summed E-state index contributed by atoms with van der Waals surface area (Å²) >= 11 is 0. The molecule has 0 unspecified atom stereocenters. The Morgan fingerprint density at radius 2 is 2.04 bits per heavy atom. The van der Waals surface area contributed by atoms with E-state index in [1.807, 2.05) is 12.1 Å². The number of carbonyl (C=O) groups is 1. The first-order valence-corrected chi connectivity index (χ1v) is 10.3. The molecular weight excluding hydrogens is 354 g/mol. The molecule has 4 rings (SSSR count). The quantitative estimate of drug-likeness (QED) is 0.878. The predicted octanol–water partition coefficient (Wildman–Crippen LogP) is 3.21. The van der Waals surface area contributed by atoms with Crippen molar-refractivity contribution in [2.45, 2.75) is 51.4 Å². The third kappa shape index (κ3) is 4.13. The first kappa shape index (κ1) is 19.2. The van der Waals surface area contributed by atoms with Gasteiger partial charge in [-0.2, -0.15) is 0 Å². The van der Waals surface area contributed by atoms with Gasteiger partial charge in [-0.05, 0) is 31.4 Å². The molecule has 1 N–H and O–H groups in total. The number of ether oxygens (including phenoxy) is 2. The Balaban J connectivity index is 1.73. The zero-order chi connectivity index (χ0) is 19.5. The number of nitrogens with one attached hydrogen (secondary N) is 1. The number of aromatic nitrogens is 1. The van der Waals surface area contributed by atoms with Crippen molar-refractivity contribution in [3.63, 3.8) is 0 Å². The van der Waals surface area contributed by atoms with E-state index in [-0.39, 0.29) is 24.2 Å². The van der Waals surface area contributed by atoms with Crippen molar-refractivity contribution in [3.8, 4) is 0 Å². The highest BCUT2D eigenvalue weighted by Crippen LogP contribution is 2.38. The van der Waals surface area contributed by atoms with Crippen LogP contribution >= 0.6 is 0 Å². The number of fused-ring (bicyclic) bond motifs is 1. The monoisotopic (exact) mass is 383 g/mol. The predicted molar refractivity (Wildman–Crippen MR) is 110 cm³/mol. The van der Waals surface area contributed by atoms with Crippen molar-refractivity contribution in [2.75, 3.05) is 31.2 Å². The zero-order valence-electron chi connectivity index (χ0n) is 16.7. The molecule has 1 aromatic carbocycles. The van der Waals surface area contributed by atoms with Crippen LogP contribution in [0.25, 0.3) is 10.9 Å². The van der Waals surface area contributed by atoms with Crippen LogP contribution in [0.15, 0.2) is 30.3 Å². The second-order valence-electron chi connectivity index (χ2n) is 7.72. The lowest BCUT2D eigenvalue weighted by molar-refractivity contribution is -0.122. The van der Waals surface area contributed by atoms with Crippen LogP contribution < -0.4 is 10.2 Å². The zero-order valence-corrected chi connectivity index (χ0v) is 16.7. The smallest absolute Gasteiger partial charge is 0.217 e. The van der Waals surface area contributed by atoms with Gasteiger partial charge in [0.25, 0.3) is 0 Å². The van der Waals surface area contributed by atoms with Gasteiger partial charge in [0.1, 0.15) is 5.82 Å². The van der Waals surface area contributed by atoms with E-state index in [0.717, 1.165) is 54.6 Å². The van der Waals surface area contributed by atoms with Gasteiger partial charge >= 0.3 is 0 Å². The third-order valence-electron chi connectivity index (χ3n) is 5.66. The van der Waals surface area contributed by atoms with Crippen molar-refractivity contribution in [1.29, 1.82) is 0 Å². The third-order valence-corrected chi connectivity index (χ3v) is 5.66. The van der Waals surface area contributed by atoms with E-state index >= 15 is 0 Å². The standard InChI is InChI=1S/C22H29N3O3/c1-3-18-13-17(23-15(2)26)14-21(28-18)19-12-16-6-4-5-7-20(16)24-22(19)25-8-10-27-11-9-25/h4-7,12,17-18,21H,3,8-11,13-14H2,1-2H3,(H,23,26)/t17-,18+,21+/m1/s1. The van der Waals surface area contributed by atoms with Crippen LogP contribution in [-0.2, 0) is 14.3 Å². The van der Waals surface area contributed by atoms with Crippen molar-refractivity contribution in [1.82, 2.24) is 10.3 Å². The van der Waals surface area contributed by atoms with Crippen LogP contribution in [0.4, 0.5) is 5.82 Å². The molecule has 2 aromatic rings. The molecule has 0 saturated carbocycles. The molecule has 28 heavy (non-hydrogen) atoms. The average Bonchev–Trinajstić information content (AvgIpc) is 2.72. The number of anilines is 1. The number of benzene rings is 1. The molecule has 150 valence electrons. The normalized spacial score (nSPS) is 25.6. The number of pyridine rings is 1. The van der Waals surface area contributed by atoms with Gasteiger partial charge in [0.2, 0.25) is 5.91 Å². The molecule has 2 aliphatic heterocycles. The van der Waals surface area contributed by atoms with Crippen LogP contribution in [0.5, 0.6) is 0 Å². The first-order valence-electron chi connectivity index (χ1n) is 10.3. The molecule has 6 nitrogen and oxygen atoms in total. The highest BCUT2D eigenvalue weighted by Gasteiger charge is 2.33. The molecule has 0 radical (unpaired) electrons. The number of para-hydroxylation sites is 1. The second-order valence-corrected chi connectivity index (χ2v) is 7.72. The number of morpholine rings is 1. The largest absolute Gasteiger partial charge is 0.378 e. The number of carbonyl (C=O) groups excluding carboxylic acids is 1. The Labute approximate surface area is 166 Å². The van der Waals surface area contributed by atoms with Gasteiger partial charge in [0.05, 0.1) is 30.9 Å². The highest BCUT2D eigenvalue weighted by molar-refractivity contribution is 5.82. The molecule has 2 saturated heterocycles.